The minimum Gasteiger partial charge on any atom is -0.485 e. The molecule has 2 aromatic rings. The summed E-state index contributed by atoms with van der Waals surface area (Å²) in [5.41, 5.74) is 3.12. The Bertz CT molecular complexity index is 588. The highest BCUT2D eigenvalue weighted by Gasteiger charge is 2.13. The summed E-state index contributed by atoms with van der Waals surface area (Å²) in [4.78, 5) is 3.91. The number of benzene rings is 1. The molecular weight excluding hydrogens is 276 g/mol. The van der Waals surface area contributed by atoms with Crippen molar-refractivity contribution in [2.75, 3.05) is 7.05 Å². The summed E-state index contributed by atoms with van der Waals surface area (Å²) in [5, 5.41) is 3.09. The molecule has 0 unspecified atom stereocenters. The van der Waals surface area contributed by atoms with Crippen molar-refractivity contribution in [3.8, 4) is 5.75 Å². The van der Waals surface area contributed by atoms with Crippen LogP contribution in [0.4, 0.5) is 8.78 Å². The highest BCUT2D eigenvalue weighted by atomic mass is 19.3. The van der Waals surface area contributed by atoms with Gasteiger partial charge in [-0.1, -0.05) is 12.1 Å². The van der Waals surface area contributed by atoms with E-state index in [4.69, 9.17) is 4.74 Å². The highest BCUT2D eigenvalue weighted by molar-refractivity contribution is 5.43. The van der Waals surface area contributed by atoms with E-state index in [-0.39, 0.29) is 12.4 Å². The molecule has 0 saturated carbocycles. The summed E-state index contributed by atoms with van der Waals surface area (Å²) in [6.07, 6.45) is 2.60. The third kappa shape index (κ3) is 3.58. The molecule has 6 heteroatoms. The fourth-order valence-corrected chi connectivity index (χ4v) is 2.34. The van der Waals surface area contributed by atoms with Gasteiger partial charge in [-0.3, -0.25) is 4.57 Å². The number of rotatable bonds is 6. The van der Waals surface area contributed by atoms with E-state index in [2.05, 4.69) is 10.3 Å². The summed E-state index contributed by atoms with van der Waals surface area (Å²) >= 11 is 0. The Hall–Kier alpha value is -1.95. The van der Waals surface area contributed by atoms with Crippen molar-refractivity contribution < 1.29 is 13.5 Å². The van der Waals surface area contributed by atoms with E-state index >= 15 is 0 Å². The van der Waals surface area contributed by atoms with E-state index in [1.165, 1.54) is 12.4 Å². The zero-order chi connectivity index (χ0) is 15.4. The number of hydrogen-bond donors (Lipinski definition) is 1. The van der Waals surface area contributed by atoms with E-state index in [0.29, 0.717) is 0 Å². The molecule has 0 amide bonds. The zero-order valence-corrected chi connectivity index (χ0v) is 12.4. The summed E-state index contributed by atoms with van der Waals surface area (Å²) in [7, 11) is 1.89. The van der Waals surface area contributed by atoms with Gasteiger partial charge in [-0.05, 0) is 37.6 Å². The first kappa shape index (κ1) is 15.4. The second-order valence-electron chi connectivity index (χ2n) is 4.91. The van der Waals surface area contributed by atoms with Gasteiger partial charge in [0.25, 0.3) is 0 Å². The minimum atomic E-state index is -2.61. The van der Waals surface area contributed by atoms with Crippen molar-refractivity contribution in [1.29, 1.82) is 0 Å². The van der Waals surface area contributed by atoms with Crippen LogP contribution < -0.4 is 10.1 Å². The predicted octanol–water partition coefficient (Wildman–Crippen LogP) is 3.19. The van der Waals surface area contributed by atoms with Gasteiger partial charge >= 0.3 is 6.55 Å². The Labute approximate surface area is 122 Å². The minimum absolute atomic E-state index is 0.0182. The van der Waals surface area contributed by atoms with Gasteiger partial charge in [0.15, 0.2) is 5.82 Å². The maximum Gasteiger partial charge on any atom is 0.320 e. The average Bonchev–Trinajstić information content (AvgIpc) is 2.86. The predicted molar refractivity (Wildman–Crippen MR) is 76.5 cm³/mol. The second kappa shape index (κ2) is 6.67. The lowest BCUT2D eigenvalue weighted by Gasteiger charge is -2.14. The monoisotopic (exact) mass is 295 g/mol. The Morgan fingerprint density at radius 3 is 2.52 bits per heavy atom. The van der Waals surface area contributed by atoms with Crippen molar-refractivity contribution in [3.63, 3.8) is 0 Å². The van der Waals surface area contributed by atoms with Crippen molar-refractivity contribution in [2.45, 2.75) is 33.5 Å². The lowest BCUT2D eigenvalue weighted by Crippen LogP contribution is -2.09. The van der Waals surface area contributed by atoms with Crippen LogP contribution in [0.2, 0.25) is 0 Å². The van der Waals surface area contributed by atoms with Crippen molar-refractivity contribution in [1.82, 2.24) is 14.9 Å². The maximum atomic E-state index is 12.7. The smallest absolute Gasteiger partial charge is 0.320 e. The second-order valence-corrected chi connectivity index (χ2v) is 4.91. The highest BCUT2D eigenvalue weighted by Crippen LogP contribution is 2.26. The molecule has 21 heavy (non-hydrogen) atoms. The molecule has 0 aliphatic heterocycles. The molecule has 0 aliphatic rings. The first-order valence-electron chi connectivity index (χ1n) is 6.70. The van der Waals surface area contributed by atoms with E-state index < -0.39 is 6.55 Å². The molecule has 0 bridgehead atoms. The molecule has 1 aromatic carbocycles. The number of nitrogens with zero attached hydrogens (tertiary/aromatic N) is 2. The van der Waals surface area contributed by atoms with Crippen LogP contribution in [0, 0.1) is 13.8 Å². The molecule has 1 N–H and O–H groups in total. The average molecular weight is 295 g/mol. The van der Waals surface area contributed by atoms with Gasteiger partial charge < -0.3 is 10.1 Å². The summed E-state index contributed by atoms with van der Waals surface area (Å²) in [5.74, 6) is 0.932. The van der Waals surface area contributed by atoms with Crippen LogP contribution in [0.5, 0.6) is 5.75 Å². The van der Waals surface area contributed by atoms with Crippen molar-refractivity contribution in [2.24, 2.45) is 0 Å². The molecule has 1 aromatic heterocycles. The fourth-order valence-electron chi connectivity index (χ4n) is 2.34. The number of nitrogens with one attached hydrogen (secondary N) is 1. The fraction of sp³-hybridized carbons (Fsp3) is 0.400. The lowest BCUT2D eigenvalue weighted by molar-refractivity contribution is 0.0632. The molecule has 114 valence electrons. The standard InChI is InChI=1S/C15H19F2N3O/c1-10-6-12(8-18-3)7-11(2)14(10)21-9-13-19-4-5-20(13)15(16)17/h4-7,15,18H,8-9H2,1-3H3. The molecule has 0 spiro atoms. The van der Waals surface area contributed by atoms with Gasteiger partial charge in [0.1, 0.15) is 12.4 Å². The quantitative estimate of drug-likeness (QED) is 0.889. The zero-order valence-electron chi connectivity index (χ0n) is 12.4. The largest absolute Gasteiger partial charge is 0.485 e. The van der Waals surface area contributed by atoms with Gasteiger partial charge in [-0.2, -0.15) is 8.78 Å². The van der Waals surface area contributed by atoms with Crippen LogP contribution in [0.15, 0.2) is 24.5 Å². The van der Waals surface area contributed by atoms with E-state index in [9.17, 15) is 8.78 Å². The molecular formula is C15H19F2N3O. The first-order valence-corrected chi connectivity index (χ1v) is 6.70. The van der Waals surface area contributed by atoms with E-state index in [0.717, 1.165) is 33.6 Å². The molecule has 1 heterocycles. The normalized spacial score (nSPS) is 11.1. The van der Waals surface area contributed by atoms with Gasteiger partial charge in [-0.25, -0.2) is 4.98 Å². The molecule has 0 atom stereocenters. The summed E-state index contributed by atoms with van der Waals surface area (Å²) < 4.78 is 32.0. The third-order valence-electron chi connectivity index (χ3n) is 3.21. The molecule has 0 radical (unpaired) electrons. The number of hydrogen-bond acceptors (Lipinski definition) is 3. The Balaban J connectivity index is 2.15. The third-order valence-corrected chi connectivity index (χ3v) is 3.21. The number of aromatic nitrogens is 2. The Morgan fingerprint density at radius 2 is 1.95 bits per heavy atom. The number of aryl methyl sites for hydroxylation is 2. The Morgan fingerprint density at radius 1 is 1.29 bits per heavy atom. The lowest BCUT2D eigenvalue weighted by atomic mass is 10.1. The maximum absolute atomic E-state index is 12.7. The van der Waals surface area contributed by atoms with Crippen LogP contribution in [0.3, 0.4) is 0 Å². The van der Waals surface area contributed by atoms with E-state index in [1.54, 1.807) is 0 Å². The van der Waals surface area contributed by atoms with Crippen LogP contribution in [0.1, 0.15) is 29.1 Å². The Kier molecular flexibility index (Phi) is 4.90. The molecule has 4 nitrogen and oxygen atoms in total. The van der Waals surface area contributed by atoms with Crippen LogP contribution in [0.25, 0.3) is 0 Å². The van der Waals surface area contributed by atoms with Crippen LogP contribution in [-0.4, -0.2) is 16.6 Å². The van der Waals surface area contributed by atoms with Gasteiger partial charge in [0, 0.05) is 18.9 Å². The number of imidazole rings is 1. The SMILES string of the molecule is CNCc1cc(C)c(OCc2nccn2C(F)F)c(C)c1. The first-order chi connectivity index (χ1) is 10.0. The summed E-state index contributed by atoms with van der Waals surface area (Å²) in [6.45, 7) is 2.08. The molecule has 0 fully saturated rings. The van der Waals surface area contributed by atoms with Crippen molar-refractivity contribution >= 4 is 0 Å². The number of halogens is 2. The van der Waals surface area contributed by atoms with Gasteiger partial charge in [0.05, 0.1) is 0 Å². The number of ether oxygens (including phenoxy) is 1. The van der Waals surface area contributed by atoms with Gasteiger partial charge in [-0.15, -0.1) is 0 Å². The van der Waals surface area contributed by atoms with Crippen LogP contribution in [-0.2, 0) is 13.2 Å². The molecule has 2 rings (SSSR count). The summed E-state index contributed by atoms with van der Waals surface area (Å²) in [6, 6.07) is 4.05. The van der Waals surface area contributed by atoms with Crippen molar-refractivity contribution in [3.05, 3.63) is 47.0 Å². The van der Waals surface area contributed by atoms with Gasteiger partial charge in [0.2, 0.25) is 0 Å². The topological polar surface area (TPSA) is 39.1 Å². The molecule has 0 aliphatic carbocycles. The van der Waals surface area contributed by atoms with E-state index in [1.807, 2.05) is 33.0 Å². The molecule has 0 saturated heterocycles. The number of alkyl halides is 2. The van der Waals surface area contributed by atoms with Crippen LogP contribution >= 0.6 is 0 Å².